The van der Waals surface area contributed by atoms with Gasteiger partial charge in [0, 0.05) is 5.02 Å². The molecular weight excluding hydrogens is 307 g/mol. The topological polar surface area (TPSA) is 52.9 Å². The summed E-state index contributed by atoms with van der Waals surface area (Å²) >= 11 is 11.9. The van der Waals surface area contributed by atoms with Crippen molar-refractivity contribution >= 4 is 29.1 Å². The van der Waals surface area contributed by atoms with Gasteiger partial charge in [0.25, 0.3) is 5.91 Å². The SMILES string of the molecule is N#CC1(NC(=O)c2ccc(Cl)cc2Cl)CCCCCCC1. The number of carbonyl (C=O) groups excluding carboxylic acids is 1. The molecule has 1 saturated carbocycles. The standard InChI is InChI=1S/C16H18Cl2N2O/c17-12-6-7-13(14(18)10-12)15(21)20-16(11-19)8-4-2-1-3-5-9-16/h6-7,10H,1-5,8-9H2,(H,20,21). The van der Waals surface area contributed by atoms with Crippen LogP contribution in [-0.2, 0) is 0 Å². The first-order valence-electron chi connectivity index (χ1n) is 7.25. The lowest BCUT2D eigenvalue weighted by Crippen LogP contribution is -2.47. The summed E-state index contributed by atoms with van der Waals surface area (Å²) in [5.74, 6) is -0.307. The molecule has 0 aliphatic heterocycles. The molecule has 1 aliphatic carbocycles. The van der Waals surface area contributed by atoms with Gasteiger partial charge in [-0.1, -0.05) is 55.3 Å². The fourth-order valence-electron chi connectivity index (χ4n) is 2.73. The van der Waals surface area contributed by atoms with Gasteiger partial charge < -0.3 is 5.32 Å². The van der Waals surface area contributed by atoms with Crippen LogP contribution in [0, 0.1) is 11.3 Å². The van der Waals surface area contributed by atoms with Gasteiger partial charge in [0.2, 0.25) is 0 Å². The second-order valence-electron chi connectivity index (χ2n) is 5.54. The number of rotatable bonds is 2. The molecule has 0 radical (unpaired) electrons. The molecule has 1 aliphatic rings. The quantitative estimate of drug-likeness (QED) is 0.854. The average molecular weight is 325 g/mol. The Morgan fingerprint density at radius 3 is 2.33 bits per heavy atom. The van der Waals surface area contributed by atoms with Crippen LogP contribution in [0.1, 0.15) is 55.3 Å². The van der Waals surface area contributed by atoms with E-state index in [4.69, 9.17) is 23.2 Å². The lowest BCUT2D eigenvalue weighted by Gasteiger charge is -2.29. The highest BCUT2D eigenvalue weighted by atomic mass is 35.5. The van der Waals surface area contributed by atoms with Crippen molar-refractivity contribution in [2.24, 2.45) is 0 Å². The molecule has 3 nitrogen and oxygen atoms in total. The number of nitriles is 1. The van der Waals surface area contributed by atoms with Gasteiger partial charge in [0.15, 0.2) is 0 Å². The predicted molar refractivity (Wildman–Crippen MR) is 84.6 cm³/mol. The monoisotopic (exact) mass is 324 g/mol. The predicted octanol–water partition coefficient (Wildman–Crippen LogP) is 4.73. The molecule has 5 heteroatoms. The van der Waals surface area contributed by atoms with Crippen LogP contribution in [0.5, 0.6) is 0 Å². The minimum atomic E-state index is -0.777. The molecule has 0 saturated heterocycles. The number of carbonyl (C=O) groups is 1. The molecule has 1 fully saturated rings. The molecule has 112 valence electrons. The van der Waals surface area contributed by atoms with Gasteiger partial charge in [-0.25, -0.2) is 0 Å². The molecule has 0 unspecified atom stereocenters. The first kappa shape index (κ1) is 16.1. The Bertz CT molecular complexity index is 558. The third kappa shape index (κ3) is 4.12. The second-order valence-corrected chi connectivity index (χ2v) is 6.38. The van der Waals surface area contributed by atoms with E-state index in [1.54, 1.807) is 12.1 Å². The van der Waals surface area contributed by atoms with Crippen molar-refractivity contribution in [1.29, 1.82) is 5.26 Å². The van der Waals surface area contributed by atoms with Gasteiger partial charge in [-0.15, -0.1) is 0 Å². The first-order valence-corrected chi connectivity index (χ1v) is 8.01. The van der Waals surface area contributed by atoms with Crippen molar-refractivity contribution in [2.75, 3.05) is 0 Å². The Hall–Kier alpha value is -1.24. The van der Waals surface area contributed by atoms with Crippen LogP contribution in [-0.4, -0.2) is 11.4 Å². The van der Waals surface area contributed by atoms with E-state index in [0.717, 1.165) is 25.7 Å². The maximum atomic E-state index is 12.4. The normalized spacial score (nSPS) is 18.1. The number of halogens is 2. The third-order valence-electron chi connectivity index (χ3n) is 3.95. The number of nitrogens with one attached hydrogen (secondary N) is 1. The van der Waals surface area contributed by atoms with Crippen LogP contribution in [0.25, 0.3) is 0 Å². The molecule has 0 bridgehead atoms. The molecule has 0 heterocycles. The lowest BCUT2D eigenvalue weighted by molar-refractivity contribution is 0.0908. The molecule has 0 spiro atoms. The minimum Gasteiger partial charge on any atom is -0.334 e. The maximum Gasteiger partial charge on any atom is 0.254 e. The van der Waals surface area contributed by atoms with Crippen LogP contribution in [0.4, 0.5) is 0 Å². The molecule has 2 rings (SSSR count). The van der Waals surface area contributed by atoms with E-state index in [9.17, 15) is 10.1 Å². The largest absolute Gasteiger partial charge is 0.334 e. The molecule has 21 heavy (non-hydrogen) atoms. The van der Waals surface area contributed by atoms with Gasteiger partial charge in [-0.05, 0) is 31.0 Å². The summed E-state index contributed by atoms with van der Waals surface area (Å²) in [4.78, 5) is 12.4. The van der Waals surface area contributed by atoms with Crippen LogP contribution in [0.15, 0.2) is 18.2 Å². The van der Waals surface area contributed by atoms with E-state index in [2.05, 4.69) is 11.4 Å². The summed E-state index contributed by atoms with van der Waals surface area (Å²) in [5.41, 5.74) is -0.418. The van der Waals surface area contributed by atoms with E-state index in [-0.39, 0.29) is 5.91 Å². The van der Waals surface area contributed by atoms with Crippen LogP contribution in [0.3, 0.4) is 0 Å². The Kier molecular flexibility index (Phi) is 5.50. The molecule has 1 aromatic rings. The number of nitrogens with zero attached hydrogens (tertiary/aromatic N) is 1. The highest BCUT2D eigenvalue weighted by molar-refractivity contribution is 6.36. The van der Waals surface area contributed by atoms with Crippen molar-refractivity contribution in [3.8, 4) is 6.07 Å². The Morgan fingerprint density at radius 2 is 1.76 bits per heavy atom. The van der Waals surface area contributed by atoms with E-state index in [1.165, 1.54) is 12.5 Å². The Balaban J connectivity index is 2.16. The second kappa shape index (κ2) is 7.15. The minimum absolute atomic E-state index is 0.305. The van der Waals surface area contributed by atoms with Crippen molar-refractivity contribution in [3.05, 3.63) is 33.8 Å². The molecule has 1 aromatic carbocycles. The summed E-state index contributed by atoms with van der Waals surface area (Å²) in [6.07, 6.45) is 6.74. The number of hydrogen-bond acceptors (Lipinski definition) is 2. The zero-order chi connectivity index (χ0) is 15.3. The van der Waals surface area contributed by atoms with E-state index < -0.39 is 5.54 Å². The summed E-state index contributed by atoms with van der Waals surface area (Å²) in [5, 5.41) is 13.2. The van der Waals surface area contributed by atoms with Crippen molar-refractivity contribution < 1.29 is 4.79 Å². The Labute approximate surface area is 135 Å². The maximum absolute atomic E-state index is 12.4. The van der Waals surface area contributed by atoms with Gasteiger partial charge in [-0.3, -0.25) is 4.79 Å². The van der Waals surface area contributed by atoms with Gasteiger partial charge >= 0.3 is 0 Å². The fourth-order valence-corrected chi connectivity index (χ4v) is 3.23. The summed E-state index contributed by atoms with van der Waals surface area (Å²) in [6, 6.07) is 7.07. The zero-order valence-electron chi connectivity index (χ0n) is 11.8. The van der Waals surface area contributed by atoms with Crippen molar-refractivity contribution in [1.82, 2.24) is 5.32 Å². The summed E-state index contributed by atoms with van der Waals surface area (Å²) in [7, 11) is 0. The molecule has 0 aromatic heterocycles. The highest BCUT2D eigenvalue weighted by Crippen LogP contribution is 2.27. The average Bonchev–Trinajstić information content (AvgIpc) is 2.42. The first-order chi connectivity index (χ1) is 10.1. The molecular formula is C16H18Cl2N2O. The fraction of sp³-hybridized carbons (Fsp3) is 0.500. The lowest BCUT2D eigenvalue weighted by atomic mass is 9.85. The van der Waals surface area contributed by atoms with Gasteiger partial charge in [0.1, 0.15) is 5.54 Å². The summed E-state index contributed by atoms with van der Waals surface area (Å²) < 4.78 is 0. The molecule has 1 amide bonds. The van der Waals surface area contributed by atoms with E-state index in [1.807, 2.05) is 0 Å². The van der Waals surface area contributed by atoms with Crippen LogP contribution in [0.2, 0.25) is 10.0 Å². The van der Waals surface area contributed by atoms with Gasteiger partial charge in [0.05, 0.1) is 16.7 Å². The van der Waals surface area contributed by atoms with E-state index in [0.29, 0.717) is 28.5 Å². The third-order valence-corrected chi connectivity index (χ3v) is 4.50. The van der Waals surface area contributed by atoms with Crippen molar-refractivity contribution in [3.63, 3.8) is 0 Å². The highest BCUT2D eigenvalue weighted by Gasteiger charge is 2.32. The number of hydrogen-bond donors (Lipinski definition) is 1. The van der Waals surface area contributed by atoms with E-state index >= 15 is 0 Å². The molecule has 1 N–H and O–H groups in total. The van der Waals surface area contributed by atoms with Crippen LogP contribution >= 0.6 is 23.2 Å². The smallest absolute Gasteiger partial charge is 0.254 e. The molecule has 0 atom stereocenters. The van der Waals surface area contributed by atoms with Crippen molar-refractivity contribution in [2.45, 2.75) is 50.5 Å². The summed E-state index contributed by atoms with van der Waals surface area (Å²) in [6.45, 7) is 0. The van der Waals surface area contributed by atoms with Crippen LogP contribution < -0.4 is 5.32 Å². The number of benzene rings is 1. The number of amides is 1. The zero-order valence-corrected chi connectivity index (χ0v) is 13.3. The van der Waals surface area contributed by atoms with Gasteiger partial charge in [-0.2, -0.15) is 5.26 Å². The Morgan fingerprint density at radius 1 is 1.14 bits per heavy atom.